The molecule has 4 rings (SSSR count). The molecule has 3 aromatic rings. The van der Waals surface area contributed by atoms with Gasteiger partial charge in [-0.25, -0.2) is 9.67 Å². The molecule has 150 valence electrons. The lowest BCUT2D eigenvalue weighted by atomic mass is 10.0. The number of carbonyl (C=O) groups excluding carboxylic acids is 1. The first-order valence-corrected chi connectivity index (χ1v) is 10.0. The number of fused-ring (bicyclic) bond motifs is 1. The highest BCUT2D eigenvalue weighted by atomic mass is 79.9. The summed E-state index contributed by atoms with van der Waals surface area (Å²) in [4.78, 5) is 19.3. The summed E-state index contributed by atoms with van der Waals surface area (Å²) in [5.74, 6) is 1.41. The standard InChI is InChI=1S/C21H21BrN4O3/c1-13-20-17(26(24-13)15-6-8-23-19(22)10-15)7-9-25(21(20)27)12-14-4-5-16(28-2)11-18(14)29-3/h4-6,8,10-11H,7,9,12H2,1-3H3. The molecule has 1 aromatic carbocycles. The van der Waals surface area contributed by atoms with Crippen molar-refractivity contribution in [2.45, 2.75) is 19.9 Å². The van der Waals surface area contributed by atoms with Crippen molar-refractivity contribution in [1.29, 1.82) is 0 Å². The van der Waals surface area contributed by atoms with Gasteiger partial charge in [-0.2, -0.15) is 5.10 Å². The lowest BCUT2D eigenvalue weighted by Crippen LogP contribution is -2.37. The summed E-state index contributed by atoms with van der Waals surface area (Å²) in [6.07, 6.45) is 2.44. The fraction of sp³-hybridized carbons (Fsp3) is 0.286. The Morgan fingerprint density at radius 2 is 2.00 bits per heavy atom. The number of hydrogen-bond donors (Lipinski definition) is 0. The van der Waals surface area contributed by atoms with E-state index < -0.39 is 0 Å². The smallest absolute Gasteiger partial charge is 0.257 e. The third-order valence-electron chi connectivity index (χ3n) is 5.09. The molecule has 3 heterocycles. The van der Waals surface area contributed by atoms with Gasteiger partial charge in [0.05, 0.1) is 36.9 Å². The van der Waals surface area contributed by atoms with Crippen LogP contribution in [0.15, 0.2) is 41.1 Å². The van der Waals surface area contributed by atoms with E-state index in [1.165, 1.54) is 0 Å². The predicted molar refractivity (Wildman–Crippen MR) is 112 cm³/mol. The third kappa shape index (κ3) is 3.60. The first-order chi connectivity index (χ1) is 14.0. The number of hydrogen-bond acceptors (Lipinski definition) is 5. The van der Waals surface area contributed by atoms with Crippen molar-refractivity contribution >= 4 is 21.8 Å². The molecule has 7 nitrogen and oxygen atoms in total. The van der Waals surface area contributed by atoms with Crippen molar-refractivity contribution in [3.63, 3.8) is 0 Å². The molecule has 0 saturated carbocycles. The van der Waals surface area contributed by atoms with E-state index in [0.717, 1.165) is 39.4 Å². The molecule has 8 heteroatoms. The average Bonchev–Trinajstić information content (AvgIpc) is 3.07. The molecule has 0 unspecified atom stereocenters. The first-order valence-electron chi connectivity index (χ1n) is 9.22. The van der Waals surface area contributed by atoms with E-state index >= 15 is 0 Å². The van der Waals surface area contributed by atoms with E-state index in [4.69, 9.17) is 9.47 Å². The number of nitrogens with zero attached hydrogens (tertiary/aromatic N) is 4. The Labute approximate surface area is 177 Å². The summed E-state index contributed by atoms with van der Waals surface area (Å²) in [5.41, 5.74) is 4.16. The van der Waals surface area contributed by atoms with Crippen LogP contribution in [0, 0.1) is 6.92 Å². The molecule has 0 bridgehead atoms. The second-order valence-electron chi connectivity index (χ2n) is 6.81. The number of pyridine rings is 1. The molecular weight excluding hydrogens is 436 g/mol. The number of methoxy groups -OCH3 is 2. The lowest BCUT2D eigenvalue weighted by molar-refractivity contribution is 0.0724. The maximum absolute atomic E-state index is 13.3. The van der Waals surface area contributed by atoms with Crippen LogP contribution in [0.25, 0.3) is 5.69 Å². The molecule has 0 radical (unpaired) electrons. The second kappa shape index (κ2) is 7.87. The Kier molecular flexibility index (Phi) is 5.27. The molecule has 0 N–H and O–H groups in total. The highest BCUT2D eigenvalue weighted by Gasteiger charge is 2.31. The molecule has 2 aromatic heterocycles. The van der Waals surface area contributed by atoms with E-state index in [-0.39, 0.29) is 5.91 Å². The summed E-state index contributed by atoms with van der Waals surface area (Å²) in [5, 5.41) is 4.63. The van der Waals surface area contributed by atoms with E-state index in [0.29, 0.717) is 24.4 Å². The number of carbonyl (C=O) groups is 1. The Morgan fingerprint density at radius 1 is 1.17 bits per heavy atom. The number of ether oxygens (including phenoxy) is 2. The molecule has 1 amide bonds. The zero-order valence-electron chi connectivity index (χ0n) is 16.5. The van der Waals surface area contributed by atoms with Crippen LogP contribution in [0.2, 0.25) is 0 Å². The molecular formula is C21H21BrN4O3. The van der Waals surface area contributed by atoms with E-state index in [1.54, 1.807) is 20.4 Å². The molecule has 29 heavy (non-hydrogen) atoms. The number of aryl methyl sites for hydroxylation is 1. The normalized spacial score (nSPS) is 13.4. The molecule has 0 fully saturated rings. The van der Waals surface area contributed by atoms with Crippen LogP contribution in [0.3, 0.4) is 0 Å². The van der Waals surface area contributed by atoms with Crippen molar-refractivity contribution < 1.29 is 14.3 Å². The Bertz CT molecular complexity index is 1080. The number of benzene rings is 1. The topological polar surface area (TPSA) is 69.5 Å². The van der Waals surface area contributed by atoms with Crippen LogP contribution in [0.5, 0.6) is 11.5 Å². The third-order valence-corrected chi connectivity index (χ3v) is 5.52. The van der Waals surface area contributed by atoms with Crippen molar-refractivity contribution in [2.75, 3.05) is 20.8 Å². The Morgan fingerprint density at radius 3 is 2.72 bits per heavy atom. The summed E-state index contributed by atoms with van der Waals surface area (Å²) in [7, 11) is 3.24. The summed E-state index contributed by atoms with van der Waals surface area (Å²) < 4.78 is 13.3. The summed E-state index contributed by atoms with van der Waals surface area (Å²) >= 11 is 3.40. The van der Waals surface area contributed by atoms with Gasteiger partial charge in [-0.1, -0.05) is 0 Å². The Hall–Kier alpha value is -2.87. The molecule has 0 aliphatic carbocycles. The summed E-state index contributed by atoms with van der Waals surface area (Å²) in [6.45, 7) is 2.95. The quantitative estimate of drug-likeness (QED) is 0.549. The van der Waals surface area contributed by atoms with E-state index in [1.807, 2.05) is 46.8 Å². The maximum atomic E-state index is 13.3. The van der Waals surface area contributed by atoms with Crippen LogP contribution in [0.1, 0.15) is 27.3 Å². The van der Waals surface area contributed by atoms with Gasteiger partial charge in [-0.3, -0.25) is 4.79 Å². The van der Waals surface area contributed by atoms with Crippen molar-refractivity contribution in [3.05, 3.63) is 63.6 Å². The van der Waals surface area contributed by atoms with Gasteiger partial charge in [0, 0.05) is 37.3 Å². The highest BCUT2D eigenvalue weighted by molar-refractivity contribution is 9.10. The van der Waals surface area contributed by atoms with Crippen molar-refractivity contribution in [2.24, 2.45) is 0 Å². The van der Waals surface area contributed by atoms with Crippen LogP contribution < -0.4 is 9.47 Å². The number of halogens is 1. The van der Waals surface area contributed by atoms with Crippen LogP contribution in [-0.4, -0.2) is 46.3 Å². The molecule has 1 aliphatic rings. The van der Waals surface area contributed by atoms with Crippen molar-refractivity contribution in [3.8, 4) is 17.2 Å². The Balaban J connectivity index is 1.65. The predicted octanol–water partition coefficient (Wildman–Crippen LogP) is 3.55. The fourth-order valence-corrected chi connectivity index (χ4v) is 4.01. The second-order valence-corrected chi connectivity index (χ2v) is 7.62. The summed E-state index contributed by atoms with van der Waals surface area (Å²) in [6, 6.07) is 9.43. The zero-order chi connectivity index (χ0) is 20.5. The molecule has 0 atom stereocenters. The maximum Gasteiger partial charge on any atom is 0.257 e. The van der Waals surface area contributed by atoms with Gasteiger partial charge in [-0.05, 0) is 47.1 Å². The van der Waals surface area contributed by atoms with Gasteiger partial charge in [0.2, 0.25) is 0 Å². The van der Waals surface area contributed by atoms with Gasteiger partial charge in [0.25, 0.3) is 5.91 Å². The van der Waals surface area contributed by atoms with Gasteiger partial charge >= 0.3 is 0 Å². The largest absolute Gasteiger partial charge is 0.497 e. The van der Waals surface area contributed by atoms with Crippen LogP contribution in [0.4, 0.5) is 0 Å². The van der Waals surface area contributed by atoms with Gasteiger partial charge < -0.3 is 14.4 Å². The average molecular weight is 457 g/mol. The van der Waals surface area contributed by atoms with E-state index in [2.05, 4.69) is 26.0 Å². The number of amides is 1. The fourth-order valence-electron chi connectivity index (χ4n) is 3.66. The highest BCUT2D eigenvalue weighted by Crippen LogP contribution is 2.30. The van der Waals surface area contributed by atoms with Crippen LogP contribution in [-0.2, 0) is 13.0 Å². The first kappa shape index (κ1) is 19.4. The SMILES string of the molecule is COc1ccc(CN2CCc3c(c(C)nn3-c3ccnc(Br)c3)C2=O)c(OC)c1. The molecule has 0 spiro atoms. The van der Waals surface area contributed by atoms with Gasteiger partial charge in [-0.15, -0.1) is 0 Å². The van der Waals surface area contributed by atoms with Crippen LogP contribution >= 0.6 is 15.9 Å². The van der Waals surface area contributed by atoms with Gasteiger partial charge in [0.15, 0.2) is 0 Å². The van der Waals surface area contributed by atoms with Crippen molar-refractivity contribution in [1.82, 2.24) is 19.7 Å². The lowest BCUT2D eigenvalue weighted by Gasteiger charge is -2.28. The molecule has 0 saturated heterocycles. The number of aromatic nitrogens is 3. The van der Waals surface area contributed by atoms with E-state index in [9.17, 15) is 4.79 Å². The molecule has 1 aliphatic heterocycles. The zero-order valence-corrected chi connectivity index (χ0v) is 18.1. The number of rotatable bonds is 5. The minimum absolute atomic E-state index is 0.0130. The minimum Gasteiger partial charge on any atom is -0.497 e. The minimum atomic E-state index is -0.0130. The van der Waals surface area contributed by atoms with Gasteiger partial charge in [0.1, 0.15) is 16.1 Å². The monoisotopic (exact) mass is 456 g/mol.